The van der Waals surface area contributed by atoms with E-state index in [-0.39, 0.29) is 16.3 Å². The monoisotopic (exact) mass is 406 g/mol. The average molecular weight is 407 g/mol. The third kappa shape index (κ3) is 4.55. The summed E-state index contributed by atoms with van der Waals surface area (Å²) >= 11 is 0. The van der Waals surface area contributed by atoms with Gasteiger partial charge in [-0.15, -0.1) is 0 Å². The van der Waals surface area contributed by atoms with Crippen LogP contribution in [-0.4, -0.2) is 46.8 Å². The minimum Gasteiger partial charge on any atom is -0.351 e. The number of benzene rings is 1. The quantitative estimate of drug-likeness (QED) is 0.827. The normalized spacial score (nSPS) is 16.4. The van der Waals surface area contributed by atoms with Crippen LogP contribution in [0.2, 0.25) is 0 Å². The lowest BCUT2D eigenvalue weighted by Crippen LogP contribution is -2.40. The van der Waals surface area contributed by atoms with Gasteiger partial charge in [0.25, 0.3) is 0 Å². The van der Waals surface area contributed by atoms with Crippen LogP contribution in [0, 0.1) is 0 Å². The number of carbonyl (C=O) groups excluding carboxylic acids is 1. The van der Waals surface area contributed by atoms with Gasteiger partial charge in [0.1, 0.15) is 5.82 Å². The predicted octanol–water partition coefficient (Wildman–Crippen LogP) is 2.60. The van der Waals surface area contributed by atoms with Crippen molar-refractivity contribution in [1.29, 1.82) is 0 Å². The van der Waals surface area contributed by atoms with E-state index in [1.165, 1.54) is 0 Å². The molecule has 1 N–H and O–H groups in total. The number of amides is 1. The van der Waals surface area contributed by atoms with E-state index in [1.807, 2.05) is 32.4 Å². The molecule has 1 aliphatic heterocycles. The van der Waals surface area contributed by atoms with Crippen LogP contribution in [0.1, 0.15) is 52.3 Å². The lowest BCUT2D eigenvalue weighted by Gasteiger charge is -2.25. The molecule has 1 aromatic heterocycles. The Bertz CT molecular complexity index is 967. The molecule has 2 heterocycles. The number of sulfonamides is 1. The summed E-state index contributed by atoms with van der Waals surface area (Å²) in [6.45, 7) is 7.01. The van der Waals surface area contributed by atoms with Crippen molar-refractivity contribution in [3.63, 3.8) is 0 Å². The zero-order valence-corrected chi connectivity index (χ0v) is 18.0. The zero-order chi connectivity index (χ0) is 20.5. The fourth-order valence-corrected chi connectivity index (χ4v) is 5.11. The van der Waals surface area contributed by atoms with Gasteiger partial charge in [0.05, 0.1) is 15.9 Å². The topological polar surface area (TPSA) is 84.3 Å². The molecular weight excluding hydrogens is 376 g/mol. The van der Waals surface area contributed by atoms with Gasteiger partial charge in [-0.05, 0) is 51.8 Å². The third-order valence-electron chi connectivity index (χ3n) is 4.99. The lowest BCUT2D eigenvalue weighted by molar-refractivity contribution is -0.122. The number of hydrogen-bond acceptors (Lipinski definition) is 4. The first-order chi connectivity index (χ1) is 13.1. The Morgan fingerprint density at radius 2 is 1.86 bits per heavy atom. The Labute approximate surface area is 167 Å². The van der Waals surface area contributed by atoms with E-state index >= 15 is 0 Å². The first-order valence-corrected chi connectivity index (χ1v) is 11.3. The summed E-state index contributed by atoms with van der Waals surface area (Å²) in [7, 11) is -1.59. The van der Waals surface area contributed by atoms with Crippen molar-refractivity contribution < 1.29 is 13.2 Å². The van der Waals surface area contributed by atoms with E-state index in [0.29, 0.717) is 31.4 Å². The highest BCUT2D eigenvalue weighted by Crippen LogP contribution is 2.24. The molecule has 1 aliphatic rings. The Balaban J connectivity index is 1.81. The Morgan fingerprint density at radius 1 is 1.18 bits per heavy atom. The van der Waals surface area contributed by atoms with E-state index in [2.05, 4.69) is 10.3 Å². The second kappa shape index (κ2) is 7.83. The van der Waals surface area contributed by atoms with Gasteiger partial charge in [-0.25, -0.2) is 13.4 Å². The summed E-state index contributed by atoms with van der Waals surface area (Å²) in [5, 5.41) is 2.95. The molecule has 0 spiro atoms. The molecule has 0 radical (unpaired) electrons. The van der Waals surface area contributed by atoms with Crippen molar-refractivity contribution in [1.82, 2.24) is 19.2 Å². The number of carbonyl (C=O) groups is 1. The average Bonchev–Trinajstić information content (AvgIpc) is 2.95. The van der Waals surface area contributed by atoms with Crippen LogP contribution in [0.3, 0.4) is 0 Å². The third-order valence-corrected chi connectivity index (χ3v) is 6.88. The summed E-state index contributed by atoms with van der Waals surface area (Å²) < 4.78 is 29.3. The molecule has 1 aromatic carbocycles. The standard InChI is InChI=1S/C20H30N4O3S/c1-20(2,3)22-19(25)11-10-18-21-16-14-15(8-9-17(16)23(18)4)28(26,27)24-12-6-5-7-13-24/h8-9,14H,5-7,10-13H2,1-4H3,(H,22,25). The number of rotatable bonds is 5. The molecule has 0 saturated carbocycles. The largest absolute Gasteiger partial charge is 0.351 e. The summed E-state index contributed by atoms with van der Waals surface area (Å²) in [6.07, 6.45) is 3.74. The molecule has 0 bridgehead atoms. The van der Waals surface area contributed by atoms with Crippen molar-refractivity contribution in [3.05, 3.63) is 24.0 Å². The van der Waals surface area contributed by atoms with E-state index in [4.69, 9.17) is 0 Å². The van der Waals surface area contributed by atoms with Crippen LogP contribution in [0.25, 0.3) is 11.0 Å². The molecule has 3 rings (SSSR count). The van der Waals surface area contributed by atoms with Gasteiger partial charge in [0, 0.05) is 38.5 Å². The highest BCUT2D eigenvalue weighted by atomic mass is 32.2. The zero-order valence-electron chi connectivity index (χ0n) is 17.2. The molecule has 1 fully saturated rings. The number of fused-ring (bicyclic) bond motifs is 1. The van der Waals surface area contributed by atoms with Gasteiger partial charge in [0.2, 0.25) is 15.9 Å². The number of nitrogens with one attached hydrogen (secondary N) is 1. The highest BCUT2D eigenvalue weighted by Gasteiger charge is 2.26. The van der Waals surface area contributed by atoms with Crippen molar-refractivity contribution in [2.75, 3.05) is 13.1 Å². The highest BCUT2D eigenvalue weighted by molar-refractivity contribution is 7.89. The van der Waals surface area contributed by atoms with Crippen LogP contribution in [0.15, 0.2) is 23.1 Å². The fraction of sp³-hybridized carbons (Fsp3) is 0.600. The van der Waals surface area contributed by atoms with Gasteiger partial charge in [-0.2, -0.15) is 4.31 Å². The second-order valence-electron chi connectivity index (χ2n) is 8.50. The molecule has 7 nitrogen and oxygen atoms in total. The van der Waals surface area contributed by atoms with Crippen molar-refractivity contribution in [2.45, 2.75) is 63.3 Å². The minimum absolute atomic E-state index is 0.0204. The fourth-order valence-electron chi connectivity index (χ4n) is 3.57. The molecule has 2 aromatic rings. The lowest BCUT2D eigenvalue weighted by atomic mass is 10.1. The Morgan fingerprint density at radius 3 is 2.50 bits per heavy atom. The van der Waals surface area contributed by atoms with Crippen molar-refractivity contribution >= 4 is 27.0 Å². The molecule has 154 valence electrons. The van der Waals surface area contributed by atoms with Crippen LogP contribution in [0.4, 0.5) is 0 Å². The van der Waals surface area contributed by atoms with Crippen molar-refractivity contribution in [2.24, 2.45) is 7.05 Å². The van der Waals surface area contributed by atoms with Gasteiger partial charge in [0.15, 0.2) is 0 Å². The Kier molecular flexibility index (Phi) is 5.82. The number of aryl methyl sites for hydroxylation is 2. The van der Waals surface area contributed by atoms with Gasteiger partial charge in [-0.1, -0.05) is 6.42 Å². The molecule has 28 heavy (non-hydrogen) atoms. The second-order valence-corrected chi connectivity index (χ2v) is 10.4. The van der Waals surface area contributed by atoms with Crippen LogP contribution >= 0.6 is 0 Å². The van der Waals surface area contributed by atoms with E-state index in [9.17, 15) is 13.2 Å². The van der Waals surface area contributed by atoms with Crippen LogP contribution in [0.5, 0.6) is 0 Å². The van der Waals surface area contributed by atoms with Gasteiger partial charge >= 0.3 is 0 Å². The number of imidazole rings is 1. The van der Waals surface area contributed by atoms with E-state index in [0.717, 1.165) is 30.6 Å². The molecule has 1 amide bonds. The number of nitrogens with zero attached hydrogens (tertiary/aromatic N) is 3. The summed E-state index contributed by atoms with van der Waals surface area (Å²) in [4.78, 5) is 17.0. The molecule has 8 heteroatoms. The molecular formula is C20H30N4O3S. The van der Waals surface area contributed by atoms with Crippen molar-refractivity contribution in [3.8, 4) is 0 Å². The maximum atomic E-state index is 12.9. The van der Waals surface area contributed by atoms with E-state index < -0.39 is 10.0 Å². The first kappa shape index (κ1) is 20.8. The number of aromatic nitrogens is 2. The molecule has 0 unspecified atom stereocenters. The maximum absolute atomic E-state index is 12.9. The van der Waals surface area contributed by atoms with Gasteiger partial charge < -0.3 is 9.88 Å². The SMILES string of the molecule is Cn1c(CCC(=O)NC(C)(C)C)nc2cc(S(=O)(=O)N3CCCCC3)ccc21. The predicted molar refractivity (Wildman–Crippen MR) is 110 cm³/mol. The molecule has 0 aliphatic carbocycles. The minimum atomic E-state index is -3.48. The van der Waals surface area contributed by atoms with Crippen LogP contribution in [-0.2, 0) is 28.3 Å². The van der Waals surface area contributed by atoms with E-state index in [1.54, 1.807) is 22.5 Å². The summed E-state index contributed by atoms with van der Waals surface area (Å²) in [6, 6.07) is 5.11. The number of piperidine rings is 1. The maximum Gasteiger partial charge on any atom is 0.243 e. The molecule has 0 atom stereocenters. The molecule has 1 saturated heterocycles. The summed E-state index contributed by atoms with van der Waals surface area (Å²) in [5.74, 6) is 0.750. The number of hydrogen-bond donors (Lipinski definition) is 1. The summed E-state index contributed by atoms with van der Waals surface area (Å²) in [5.41, 5.74) is 1.25. The Hall–Kier alpha value is -1.93. The van der Waals surface area contributed by atoms with Crippen LogP contribution < -0.4 is 5.32 Å². The first-order valence-electron chi connectivity index (χ1n) is 9.84. The van der Waals surface area contributed by atoms with Gasteiger partial charge in [-0.3, -0.25) is 4.79 Å². The smallest absolute Gasteiger partial charge is 0.243 e.